The van der Waals surface area contributed by atoms with Gasteiger partial charge in [-0.05, 0) is 42.7 Å². The molecule has 0 radical (unpaired) electrons. The number of nitrogens with one attached hydrogen (secondary N) is 1. The van der Waals surface area contributed by atoms with E-state index >= 15 is 0 Å². The largest absolute Gasteiger partial charge is 0.497 e. The molecule has 2 aromatic carbocycles. The topological polar surface area (TPSA) is 116 Å². The van der Waals surface area contributed by atoms with E-state index in [0.717, 1.165) is 18.4 Å². The maximum Gasteiger partial charge on any atom is 0.274 e. The molecule has 1 fully saturated rings. The van der Waals surface area contributed by atoms with Crippen molar-refractivity contribution in [1.29, 1.82) is 0 Å². The Labute approximate surface area is 206 Å². The van der Waals surface area contributed by atoms with Gasteiger partial charge in [-0.25, -0.2) is 4.98 Å². The summed E-state index contributed by atoms with van der Waals surface area (Å²) in [5.41, 5.74) is 7.56. The number of ether oxygens (including phenoxy) is 3. The van der Waals surface area contributed by atoms with Gasteiger partial charge in [0.2, 0.25) is 0 Å². The van der Waals surface area contributed by atoms with Gasteiger partial charge in [-0.1, -0.05) is 29.5 Å². The number of carbonyl (C=O) groups excluding carboxylic acids is 2. The van der Waals surface area contributed by atoms with Gasteiger partial charge in [0.05, 0.1) is 17.6 Å². The van der Waals surface area contributed by atoms with Crippen LogP contribution < -0.4 is 25.3 Å². The normalized spacial score (nSPS) is 14.3. The van der Waals surface area contributed by atoms with E-state index < -0.39 is 0 Å². The molecule has 0 bridgehead atoms. The summed E-state index contributed by atoms with van der Waals surface area (Å²) in [7, 11) is 1.60. The summed E-state index contributed by atoms with van der Waals surface area (Å²) in [4.78, 5) is 33.2. The molecule has 1 aliphatic carbocycles. The number of carbonyl (C=O) groups is 2. The van der Waals surface area contributed by atoms with E-state index in [9.17, 15) is 9.59 Å². The first-order chi connectivity index (χ1) is 17.0. The van der Waals surface area contributed by atoms with Gasteiger partial charge in [0, 0.05) is 19.1 Å². The van der Waals surface area contributed by atoms with Crippen molar-refractivity contribution in [3.8, 4) is 27.7 Å². The Morgan fingerprint density at radius 3 is 2.80 bits per heavy atom. The van der Waals surface area contributed by atoms with E-state index in [1.165, 1.54) is 11.3 Å². The maximum atomic E-state index is 13.6. The van der Waals surface area contributed by atoms with Crippen LogP contribution >= 0.6 is 11.3 Å². The third-order valence-electron chi connectivity index (χ3n) is 5.88. The minimum absolute atomic E-state index is 0.127. The summed E-state index contributed by atoms with van der Waals surface area (Å²) in [6, 6.07) is 12.8. The summed E-state index contributed by atoms with van der Waals surface area (Å²) in [5.74, 6) is 1.23. The second kappa shape index (κ2) is 9.83. The molecule has 5 rings (SSSR count). The van der Waals surface area contributed by atoms with Crippen molar-refractivity contribution < 1.29 is 23.8 Å². The van der Waals surface area contributed by atoms with Crippen molar-refractivity contribution in [2.24, 2.45) is 0 Å². The Hall–Kier alpha value is -3.79. The lowest BCUT2D eigenvalue weighted by Crippen LogP contribution is -2.40. The quantitative estimate of drug-likeness (QED) is 0.494. The predicted octanol–water partition coefficient (Wildman–Crippen LogP) is 3.21. The van der Waals surface area contributed by atoms with Crippen LogP contribution in [0, 0.1) is 0 Å². The smallest absolute Gasteiger partial charge is 0.274 e. The summed E-state index contributed by atoms with van der Waals surface area (Å²) in [6.45, 7) is 1.50. The number of anilines is 1. The molecule has 1 aromatic heterocycles. The van der Waals surface area contributed by atoms with Crippen molar-refractivity contribution >= 4 is 28.3 Å². The van der Waals surface area contributed by atoms with Crippen LogP contribution in [-0.4, -0.2) is 61.2 Å². The predicted molar refractivity (Wildman–Crippen MR) is 132 cm³/mol. The summed E-state index contributed by atoms with van der Waals surface area (Å²) < 4.78 is 16.5. The first kappa shape index (κ1) is 23.0. The van der Waals surface area contributed by atoms with Gasteiger partial charge in [-0.3, -0.25) is 9.59 Å². The van der Waals surface area contributed by atoms with Gasteiger partial charge in [0.25, 0.3) is 11.8 Å². The molecular formula is C25H26N4O5S. The second-order valence-electron chi connectivity index (χ2n) is 8.28. The number of benzene rings is 2. The zero-order chi connectivity index (χ0) is 24.4. The third-order valence-corrected chi connectivity index (χ3v) is 6.81. The highest BCUT2D eigenvalue weighted by Gasteiger charge is 2.35. The zero-order valence-electron chi connectivity index (χ0n) is 19.3. The SMILES string of the molecule is COc1cccc(-c2sc(N)nc2C(=O)N(CCNC(=O)c2cccc3c2OCCO3)C2CC2)c1. The van der Waals surface area contributed by atoms with Crippen molar-refractivity contribution in [2.75, 3.05) is 39.1 Å². The van der Waals surface area contributed by atoms with E-state index in [4.69, 9.17) is 19.9 Å². The minimum atomic E-state index is -0.273. The number of amides is 2. The van der Waals surface area contributed by atoms with Crippen molar-refractivity contribution in [3.63, 3.8) is 0 Å². The lowest BCUT2D eigenvalue weighted by molar-refractivity contribution is 0.0731. The minimum Gasteiger partial charge on any atom is -0.497 e. The molecule has 3 aromatic rings. The molecule has 0 atom stereocenters. The van der Waals surface area contributed by atoms with E-state index in [-0.39, 0.29) is 17.9 Å². The van der Waals surface area contributed by atoms with E-state index in [1.807, 2.05) is 24.3 Å². The first-order valence-corrected chi connectivity index (χ1v) is 12.3. The number of hydrogen-bond acceptors (Lipinski definition) is 8. The van der Waals surface area contributed by atoms with Crippen LogP contribution in [0.1, 0.15) is 33.7 Å². The van der Waals surface area contributed by atoms with E-state index in [0.29, 0.717) is 64.8 Å². The zero-order valence-corrected chi connectivity index (χ0v) is 20.1. The molecule has 35 heavy (non-hydrogen) atoms. The monoisotopic (exact) mass is 494 g/mol. The van der Waals surface area contributed by atoms with E-state index in [1.54, 1.807) is 30.2 Å². The number of nitrogen functional groups attached to an aromatic ring is 1. The molecule has 10 heteroatoms. The Morgan fingerprint density at radius 2 is 2.00 bits per heavy atom. The molecular weight excluding hydrogens is 468 g/mol. The second-order valence-corrected chi connectivity index (χ2v) is 9.31. The molecule has 3 N–H and O–H groups in total. The van der Waals surface area contributed by atoms with E-state index in [2.05, 4.69) is 10.3 Å². The van der Waals surface area contributed by atoms with Crippen LogP contribution in [0.3, 0.4) is 0 Å². The molecule has 0 spiro atoms. The molecule has 2 aliphatic rings. The number of nitrogens with two attached hydrogens (primary N) is 1. The molecule has 0 unspecified atom stereocenters. The summed E-state index contributed by atoms with van der Waals surface area (Å²) >= 11 is 1.27. The van der Waals surface area contributed by atoms with Gasteiger partial charge in [-0.15, -0.1) is 0 Å². The average Bonchev–Trinajstić information content (AvgIpc) is 3.65. The molecule has 0 saturated heterocycles. The number of para-hydroxylation sites is 1. The van der Waals surface area contributed by atoms with Gasteiger partial charge < -0.3 is 30.2 Å². The van der Waals surface area contributed by atoms with Gasteiger partial charge in [0.1, 0.15) is 24.7 Å². The fraction of sp³-hybridized carbons (Fsp3) is 0.320. The lowest BCUT2D eigenvalue weighted by atomic mass is 10.1. The third kappa shape index (κ3) is 4.88. The number of methoxy groups -OCH3 is 1. The number of nitrogens with zero attached hydrogens (tertiary/aromatic N) is 2. The van der Waals surface area contributed by atoms with Crippen LogP contribution in [-0.2, 0) is 0 Å². The first-order valence-electron chi connectivity index (χ1n) is 11.4. The molecule has 9 nitrogen and oxygen atoms in total. The maximum absolute atomic E-state index is 13.6. The van der Waals surface area contributed by atoms with Crippen LogP contribution in [0.4, 0.5) is 5.13 Å². The van der Waals surface area contributed by atoms with Crippen LogP contribution in [0.25, 0.3) is 10.4 Å². The van der Waals surface area contributed by atoms with Crippen molar-refractivity contribution in [1.82, 2.24) is 15.2 Å². The summed E-state index contributed by atoms with van der Waals surface area (Å²) in [5, 5.41) is 3.23. The molecule has 182 valence electrons. The Kier molecular flexibility index (Phi) is 6.45. The standard InChI is InChI=1S/C25H26N4O5S/c1-32-17-5-2-4-15(14-17)22-20(28-25(26)35-22)24(31)29(16-8-9-16)11-10-27-23(30)18-6-3-7-19-21(18)34-13-12-33-19/h2-7,14,16H,8-13H2,1H3,(H2,26,28)(H,27,30). The summed E-state index contributed by atoms with van der Waals surface area (Å²) in [6.07, 6.45) is 1.84. The highest BCUT2D eigenvalue weighted by atomic mass is 32.1. The molecule has 2 heterocycles. The van der Waals surface area contributed by atoms with Gasteiger partial charge in [-0.2, -0.15) is 0 Å². The van der Waals surface area contributed by atoms with Gasteiger partial charge >= 0.3 is 0 Å². The van der Waals surface area contributed by atoms with Crippen LogP contribution in [0.2, 0.25) is 0 Å². The average molecular weight is 495 g/mol. The fourth-order valence-electron chi connectivity index (χ4n) is 4.05. The van der Waals surface area contributed by atoms with Crippen LogP contribution in [0.5, 0.6) is 17.2 Å². The molecule has 1 saturated carbocycles. The Balaban J connectivity index is 1.30. The number of hydrogen-bond donors (Lipinski definition) is 2. The number of aromatic nitrogens is 1. The van der Waals surface area contributed by atoms with Gasteiger partial charge in [0.15, 0.2) is 16.6 Å². The number of rotatable bonds is 8. The van der Waals surface area contributed by atoms with Crippen molar-refractivity contribution in [2.45, 2.75) is 18.9 Å². The van der Waals surface area contributed by atoms with Crippen molar-refractivity contribution in [3.05, 3.63) is 53.7 Å². The Morgan fingerprint density at radius 1 is 1.20 bits per heavy atom. The lowest BCUT2D eigenvalue weighted by Gasteiger charge is -2.23. The molecule has 2 amide bonds. The van der Waals surface area contributed by atoms with Crippen LogP contribution in [0.15, 0.2) is 42.5 Å². The Bertz CT molecular complexity index is 1260. The number of fused-ring (bicyclic) bond motifs is 1. The highest BCUT2D eigenvalue weighted by molar-refractivity contribution is 7.19. The molecule has 1 aliphatic heterocycles. The number of thiazole rings is 1. The fourth-order valence-corrected chi connectivity index (χ4v) is 4.87. The highest BCUT2D eigenvalue weighted by Crippen LogP contribution is 2.36.